The molecule has 2 rings (SSSR count). The summed E-state index contributed by atoms with van der Waals surface area (Å²) in [5.41, 5.74) is 0.178. The van der Waals surface area contributed by atoms with E-state index in [0.717, 1.165) is 0 Å². The van der Waals surface area contributed by atoms with Crippen LogP contribution in [-0.4, -0.2) is 20.5 Å². The lowest BCUT2D eigenvalue weighted by Gasteiger charge is -1.97. The maximum absolute atomic E-state index is 13.3. The summed E-state index contributed by atoms with van der Waals surface area (Å²) in [6.45, 7) is 2.57. The van der Waals surface area contributed by atoms with Gasteiger partial charge in [0, 0.05) is 18.9 Å². The monoisotopic (exact) mass is 219 g/mol. The van der Waals surface area contributed by atoms with Gasteiger partial charge in [0.2, 0.25) is 5.78 Å². The number of hydrogen-bond acceptors (Lipinski definition) is 3. The van der Waals surface area contributed by atoms with Crippen LogP contribution in [0.4, 0.5) is 4.39 Å². The van der Waals surface area contributed by atoms with Crippen LogP contribution in [0.1, 0.15) is 23.0 Å². The van der Waals surface area contributed by atoms with Crippen molar-refractivity contribution in [2.24, 2.45) is 0 Å². The number of rotatable bonds is 3. The zero-order chi connectivity index (χ0) is 11.5. The molecule has 2 aromatic rings. The van der Waals surface area contributed by atoms with E-state index in [1.165, 1.54) is 24.5 Å². The quantitative estimate of drug-likeness (QED) is 0.738. The van der Waals surface area contributed by atoms with Crippen LogP contribution in [0, 0.1) is 5.82 Å². The number of halogens is 1. The van der Waals surface area contributed by atoms with Gasteiger partial charge in [0.15, 0.2) is 5.82 Å². The van der Waals surface area contributed by atoms with Crippen molar-refractivity contribution in [3.05, 3.63) is 47.8 Å². The number of ketones is 1. The Kier molecular flexibility index (Phi) is 2.76. The van der Waals surface area contributed by atoms with Crippen LogP contribution < -0.4 is 0 Å². The Morgan fingerprint density at radius 1 is 1.56 bits per heavy atom. The van der Waals surface area contributed by atoms with Crippen LogP contribution in [0.2, 0.25) is 0 Å². The third kappa shape index (κ3) is 1.84. The molecule has 82 valence electrons. The second kappa shape index (κ2) is 4.22. The van der Waals surface area contributed by atoms with Gasteiger partial charge in [-0.1, -0.05) is 0 Å². The van der Waals surface area contributed by atoms with Gasteiger partial charge >= 0.3 is 0 Å². The molecule has 0 unspecified atom stereocenters. The second-order valence-corrected chi connectivity index (χ2v) is 3.25. The molecule has 2 heterocycles. The van der Waals surface area contributed by atoms with Gasteiger partial charge in [-0.2, -0.15) is 5.10 Å². The van der Waals surface area contributed by atoms with Gasteiger partial charge in [0.1, 0.15) is 5.69 Å². The summed E-state index contributed by atoms with van der Waals surface area (Å²) < 4.78 is 14.9. The Balaban J connectivity index is 2.35. The molecule has 0 saturated carbocycles. The van der Waals surface area contributed by atoms with Crippen molar-refractivity contribution in [1.29, 1.82) is 0 Å². The zero-order valence-electron chi connectivity index (χ0n) is 8.72. The lowest BCUT2D eigenvalue weighted by Crippen LogP contribution is -2.06. The fourth-order valence-electron chi connectivity index (χ4n) is 1.34. The molecule has 0 radical (unpaired) electrons. The molecule has 5 heteroatoms. The molecule has 0 saturated heterocycles. The molecule has 2 aromatic heterocycles. The third-order valence-electron chi connectivity index (χ3n) is 2.19. The summed E-state index contributed by atoms with van der Waals surface area (Å²) >= 11 is 0. The van der Waals surface area contributed by atoms with Crippen LogP contribution in [0.15, 0.2) is 30.7 Å². The summed E-state index contributed by atoms with van der Waals surface area (Å²) in [7, 11) is 0. The topological polar surface area (TPSA) is 47.8 Å². The highest BCUT2D eigenvalue weighted by Crippen LogP contribution is 2.10. The highest BCUT2D eigenvalue weighted by Gasteiger charge is 2.16. The average Bonchev–Trinajstić information content (AvgIpc) is 2.77. The van der Waals surface area contributed by atoms with E-state index < -0.39 is 11.6 Å². The maximum atomic E-state index is 13.3. The first-order valence-corrected chi connectivity index (χ1v) is 4.90. The molecule has 0 aromatic carbocycles. The Morgan fingerprint density at radius 3 is 3.00 bits per heavy atom. The lowest BCUT2D eigenvalue weighted by atomic mass is 10.1. The minimum Gasteiger partial charge on any atom is -0.287 e. The van der Waals surface area contributed by atoms with E-state index in [2.05, 4.69) is 10.1 Å². The van der Waals surface area contributed by atoms with Crippen molar-refractivity contribution in [2.45, 2.75) is 13.5 Å². The van der Waals surface area contributed by atoms with Gasteiger partial charge in [-0.15, -0.1) is 0 Å². The first-order valence-electron chi connectivity index (χ1n) is 4.90. The van der Waals surface area contributed by atoms with Crippen LogP contribution in [0.5, 0.6) is 0 Å². The number of pyridine rings is 1. The lowest BCUT2D eigenvalue weighted by molar-refractivity contribution is 0.103. The van der Waals surface area contributed by atoms with Gasteiger partial charge in [0.25, 0.3) is 0 Å². The van der Waals surface area contributed by atoms with Gasteiger partial charge in [-0.05, 0) is 19.1 Å². The predicted octanol–water partition coefficient (Wildman–Crippen LogP) is 1.67. The van der Waals surface area contributed by atoms with E-state index >= 15 is 0 Å². The number of aromatic nitrogens is 3. The molecule has 0 aliphatic heterocycles. The molecule has 4 nitrogen and oxygen atoms in total. The van der Waals surface area contributed by atoms with Crippen LogP contribution in [0.3, 0.4) is 0 Å². The van der Waals surface area contributed by atoms with Crippen molar-refractivity contribution < 1.29 is 9.18 Å². The van der Waals surface area contributed by atoms with Crippen LogP contribution in [0.25, 0.3) is 0 Å². The highest BCUT2D eigenvalue weighted by atomic mass is 19.1. The number of nitrogens with zero attached hydrogens (tertiary/aromatic N) is 3. The molecule has 0 aliphatic rings. The van der Waals surface area contributed by atoms with E-state index in [4.69, 9.17) is 0 Å². The molecular formula is C11H10FN3O. The standard InChI is InChI=1S/C11H10FN3O/c1-2-15-7-8(6-14-15)11(16)10-9(12)4-3-5-13-10/h3-7H,2H2,1H3. The second-order valence-electron chi connectivity index (χ2n) is 3.25. The maximum Gasteiger partial charge on any atom is 0.217 e. The zero-order valence-corrected chi connectivity index (χ0v) is 8.72. The first-order chi connectivity index (χ1) is 7.72. The number of hydrogen-bond donors (Lipinski definition) is 0. The average molecular weight is 219 g/mol. The van der Waals surface area contributed by atoms with E-state index in [1.54, 1.807) is 10.9 Å². The summed E-state index contributed by atoms with van der Waals surface area (Å²) in [6, 6.07) is 2.66. The molecule has 0 spiro atoms. The Morgan fingerprint density at radius 2 is 2.38 bits per heavy atom. The fourth-order valence-corrected chi connectivity index (χ4v) is 1.34. The number of carbonyl (C=O) groups excluding carboxylic acids is 1. The molecule has 0 N–H and O–H groups in total. The van der Waals surface area contributed by atoms with E-state index in [0.29, 0.717) is 12.1 Å². The van der Waals surface area contributed by atoms with Gasteiger partial charge in [-0.25, -0.2) is 9.37 Å². The summed E-state index contributed by atoms with van der Waals surface area (Å²) in [5.74, 6) is -1.06. The summed E-state index contributed by atoms with van der Waals surface area (Å²) in [6.07, 6.45) is 4.39. The molecule has 0 atom stereocenters. The van der Waals surface area contributed by atoms with E-state index in [-0.39, 0.29) is 5.69 Å². The minimum absolute atomic E-state index is 0.168. The largest absolute Gasteiger partial charge is 0.287 e. The Bertz CT molecular complexity index is 521. The Labute approximate surface area is 91.7 Å². The van der Waals surface area contributed by atoms with Crippen molar-refractivity contribution >= 4 is 5.78 Å². The third-order valence-corrected chi connectivity index (χ3v) is 2.19. The molecular weight excluding hydrogens is 209 g/mol. The first kappa shape index (κ1) is 10.5. The molecule has 0 aliphatic carbocycles. The van der Waals surface area contributed by atoms with Crippen LogP contribution >= 0.6 is 0 Å². The van der Waals surface area contributed by atoms with E-state index in [9.17, 15) is 9.18 Å². The van der Waals surface area contributed by atoms with Gasteiger partial charge in [0.05, 0.1) is 11.8 Å². The van der Waals surface area contributed by atoms with Crippen molar-refractivity contribution in [1.82, 2.24) is 14.8 Å². The van der Waals surface area contributed by atoms with Gasteiger partial charge < -0.3 is 0 Å². The summed E-state index contributed by atoms with van der Waals surface area (Å²) in [5, 5.41) is 3.96. The number of carbonyl (C=O) groups is 1. The predicted molar refractivity (Wildman–Crippen MR) is 55.5 cm³/mol. The molecule has 0 fully saturated rings. The van der Waals surface area contributed by atoms with Gasteiger partial charge in [-0.3, -0.25) is 9.48 Å². The minimum atomic E-state index is -0.614. The Hall–Kier alpha value is -2.04. The van der Waals surface area contributed by atoms with Crippen molar-refractivity contribution in [2.75, 3.05) is 0 Å². The molecule has 0 amide bonds. The number of aryl methyl sites for hydroxylation is 1. The normalized spacial score (nSPS) is 10.4. The van der Waals surface area contributed by atoms with E-state index in [1.807, 2.05) is 6.92 Å². The molecule has 0 bridgehead atoms. The smallest absolute Gasteiger partial charge is 0.217 e. The SMILES string of the molecule is CCn1cc(C(=O)c2ncccc2F)cn1. The van der Waals surface area contributed by atoms with Crippen molar-refractivity contribution in [3.8, 4) is 0 Å². The highest BCUT2D eigenvalue weighted by molar-refractivity contribution is 6.07. The summed E-state index contributed by atoms with van der Waals surface area (Å²) in [4.78, 5) is 15.6. The fraction of sp³-hybridized carbons (Fsp3) is 0.182. The molecule has 16 heavy (non-hydrogen) atoms. The van der Waals surface area contributed by atoms with Crippen LogP contribution in [-0.2, 0) is 6.54 Å². The van der Waals surface area contributed by atoms with Crippen molar-refractivity contribution in [3.63, 3.8) is 0 Å².